The average molecular weight is 372 g/mol. The molecule has 0 spiro atoms. The molecule has 1 amide bonds. The molecule has 1 heterocycles. The second-order valence-corrected chi connectivity index (χ2v) is 6.04. The van der Waals surface area contributed by atoms with Crippen LogP contribution >= 0.6 is 11.6 Å². The largest absolute Gasteiger partial charge is 0.497 e. The molecular weight excluding hydrogens is 354 g/mol. The van der Waals surface area contributed by atoms with E-state index < -0.39 is 0 Å². The van der Waals surface area contributed by atoms with Crippen LogP contribution in [0.25, 0.3) is 11.3 Å². The molecule has 0 unspecified atom stereocenters. The van der Waals surface area contributed by atoms with Crippen LogP contribution in [0.2, 0.25) is 5.02 Å². The maximum atomic E-state index is 12.6. The number of carbonyl (C=O) groups is 1. The van der Waals surface area contributed by atoms with E-state index in [1.807, 2.05) is 19.1 Å². The second-order valence-electron chi connectivity index (χ2n) is 5.60. The van der Waals surface area contributed by atoms with Gasteiger partial charge >= 0.3 is 0 Å². The SMILES string of the molecule is COc1ccc(-c2n[nH]c(C)c2NC(=O)c2cccc(Cl)c2)c(OC)c1. The van der Waals surface area contributed by atoms with Crippen molar-refractivity contribution in [3.05, 3.63) is 58.7 Å². The van der Waals surface area contributed by atoms with Gasteiger partial charge in [0.2, 0.25) is 0 Å². The highest BCUT2D eigenvalue weighted by atomic mass is 35.5. The first kappa shape index (κ1) is 17.8. The molecule has 0 saturated carbocycles. The lowest BCUT2D eigenvalue weighted by molar-refractivity contribution is 0.102. The molecule has 7 heteroatoms. The second kappa shape index (κ2) is 7.49. The van der Waals surface area contributed by atoms with Gasteiger partial charge in [0.25, 0.3) is 5.91 Å². The number of nitrogens with zero attached hydrogens (tertiary/aromatic N) is 1. The number of amides is 1. The Bertz CT molecular complexity index is 953. The summed E-state index contributed by atoms with van der Waals surface area (Å²) >= 11 is 5.97. The number of halogens is 1. The molecule has 1 aromatic heterocycles. The minimum absolute atomic E-state index is 0.272. The summed E-state index contributed by atoms with van der Waals surface area (Å²) in [5.41, 5.74) is 3.09. The van der Waals surface area contributed by atoms with Gasteiger partial charge < -0.3 is 14.8 Å². The molecule has 6 nitrogen and oxygen atoms in total. The Kier molecular flexibility index (Phi) is 5.14. The molecule has 0 radical (unpaired) electrons. The van der Waals surface area contributed by atoms with Crippen LogP contribution in [0, 0.1) is 6.92 Å². The Morgan fingerprint density at radius 3 is 2.65 bits per heavy atom. The number of aromatic amines is 1. The lowest BCUT2D eigenvalue weighted by Crippen LogP contribution is -2.12. The summed E-state index contributed by atoms with van der Waals surface area (Å²) in [6.07, 6.45) is 0. The van der Waals surface area contributed by atoms with Crippen LogP contribution < -0.4 is 14.8 Å². The van der Waals surface area contributed by atoms with Crippen LogP contribution in [0.1, 0.15) is 16.1 Å². The topological polar surface area (TPSA) is 76.2 Å². The van der Waals surface area contributed by atoms with E-state index in [1.54, 1.807) is 44.6 Å². The third-order valence-electron chi connectivity index (χ3n) is 3.94. The molecule has 3 aromatic rings. The Morgan fingerprint density at radius 1 is 1.15 bits per heavy atom. The van der Waals surface area contributed by atoms with Gasteiger partial charge in [0, 0.05) is 22.2 Å². The maximum Gasteiger partial charge on any atom is 0.255 e. The maximum absolute atomic E-state index is 12.6. The van der Waals surface area contributed by atoms with E-state index in [9.17, 15) is 4.79 Å². The number of methoxy groups -OCH3 is 2. The van der Waals surface area contributed by atoms with Gasteiger partial charge in [-0.2, -0.15) is 5.10 Å². The molecule has 0 atom stereocenters. The number of carbonyl (C=O) groups excluding carboxylic acids is 1. The Labute approximate surface area is 156 Å². The highest BCUT2D eigenvalue weighted by Crippen LogP contribution is 2.37. The first-order valence-corrected chi connectivity index (χ1v) is 8.25. The molecule has 2 N–H and O–H groups in total. The van der Waals surface area contributed by atoms with Gasteiger partial charge in [0.15, 0.2) is 0 Å². The lowest BCUT2D eigenvalue weighted by Gasteiger charge is -2.11. The van der Waals surface area contributed by atoms with Crippen LogP contribution in [0.15, 0.2) is 42.5 Å². The third kappa shape index (κ3) is 3.50. The molecule has 0 aliphatic rings. The number of hydrogen-bond acceptors (Lipinski definition) is 4. The van der Waals surface area contributed by atoms with E-state index in [0.29, 0.717) is 33.5 Å². The van der Waals surface area contributed by atoms with Gasteiger partial charge in [0.1, 0.15) is 17.2 Å². The lowest BCUT2D eigenvalue weighted by atomic mass is 10.1. The van der Waals surface area contributed by atoms with Crippen molar-refractivity contribution in [3.8, 4) is 22.8 Å². The molecular formula is C19H18ClN3O3. The number of H-pyrrole nitrogens is 1. The van der Waals surface area contributed by atoms with Crippen LogP contribution in [-0.2, 0) is 0 Å². The molecule has 0 bridgehead atoms. The van der Waals surface area contributed by atoms with Gasteiger partial charge in [-0.15, -0.1) is 0 Å². The number of ether oxygens (including phenoxy) is 2. The summed E-state index contributed by atoms with van der Waals surface area (Å²) < 4.78 is 10.7. The first-order valence-electron chi connectivity index (χ1n) is 7.87. The van der Waals surface area contributed by atoms with Gasteiger partial charge in [-0.05, 0) is 37.3 Å². The monoisotopic (exact) mass is 371 g/mol. The first-order chi connectivity index (χ1) is 12.5. The van der Waals surface area contributed by atoms with Gasteiger partial charge in [0.05, 0.1) is 25.6 Å². The van der Waals surface area contributed by atoms with Gasteiger partial charge in [-0.3, -0.25) is 9.89 Å². The number of hydrogen-bond donors (Lipinski definition) is 2. The summed E-state index contributed by atoms with van der Waals surface area (Å²) in [7, 11) is 3.16. The van der Waals surface area contributed by atoms with E-state index in [4.69, 9.17) is 21.1 Å². The van der Waals surface area contributed by atoms with Crippen molar-refractivity contribution < 1.29 is 14.3 Å². The predicted molar refractivity (Wildman–Crippen MR) is 101 cm³/mol. The number of aromatic nitrogens is 2. The standard InChI is InChI=1S/C19H18ClN3O3/c1-11-17(21-19(24)12-5-4-6-13(20)9-12)18(23-22-11)15-8-7-14(25-2)10-16(15)26-3/h4-10H,1-3H3,(H,21,24)(H,22,23). The van der Waals surface area contributed by atoms with Gasteiger partial charge in [-0.1, -0.05) is 17.7 Å². The minimum atomic E-state index is -0.272. The van der Waals surface area contributed by atoms with E-state index in [-0.39, 0.29) is 5.91 Å². The van der Waals surface area contributed by atoms with E-state index in [1.165, 1.54) is 0 Å². The predicted octanol–water partition coefficient (Wildman–Crippen LogP) is 4.31. The van der Waals surface area contributed by atoms with E-state index in [0.717, 1.165) is 11.3 Å². The van der Waals surface area contributed by atoms with E-state index in [2.05, 4.69) is 15.5 Å². The number of nitrogens with one attached hydrogen (secondary N) is 2. The van der Waals surface area contributed by atoms with Crippen LogP contribution in [0.5, 0.6) is 11.5 Å². The average Bonchev–Trinajstić information content (AvgIpc) is 3.01. The fourth-order valence-corrected chi connectivity index (χ4v) is 2.78. The fraction of sp³-hybridized carbons (Fsp3) is 0.158. The van der Waals surface area contributed by atoms with Crippen molar-refractivity contribution in [2.24, 2.45) is 0 Å². The highest BCUT2D eigenvalue weighted by molar-refractivity contribution is 6.31. The number of aryl methyl sites for hydroxylation is 1. The summed E-state index contributed by atoms with van der Waals surface area (Å²) in [5.74, 6) is 0.988. The number of rotatable bonds is 5. The normalized spacial score (nSPS) is 10.5. The van der Waals surface area contributed by atoms with Crippen molar-refractivity contribution in [2.45, 2.75) is 6.92 Å². The Morgan fingerprint density at radius 2 is 1.96 bits per heavy atom. The van der Waals surface area contributed by atoms with Crippen molar-refractivity contribution >= 4 is 23.2 Å². The highest BCUT2D eigenvalue weighted by Gasteiger charge is 2.19. The van der Waals surface area contributed by atoms with Crippen molar-refractivity contribution in [1.82, 2.24) is 10.2 Å². The van der Waals surface area contributed by atoms with Crippen LogP contribution in [0.3, 0.4) is 0 Å². The molecule has 0 fully saturated rings. The van der Waals surface area contributed by atoms with Crippen molar-refractivity contribution in [2.75, 3.05) is 19.5 Å². The zero-order valence-corrected chi connectivity index (χ0v) is 15.3. The molecule has 0 aliphatic heterocycles. The molecule has 134 valence electrons. The smallest absolute Gasteiger partial charge is 0.255 e. The fourth-order valence-electron chi connectivity index (χ4n) is 2.59. The number of benzene rings is 2. The summed E-state index contributed by atoms with van der Waals surface area (Å²) in [6.45, 7) is 1.83. The van der Waals surface area contributed by atoms with Gasteiger partial charge in [-0.25, -0.2) is 0 Å². The Hall–Kier alpha value is -2.99. The third-order valence-corrected chi connectivity index (χ3v) is 4.17. The van der Waals surface area contributed by atoms with E-state index >= 15 is 0 Å². The number of anilines is 1. The summed E-state index contributed by atoms with van der Waals surface area (Å²) in [4.78, 5) is 12.6. The molecule has 26 heavy (non-hydrogen) atoms. The molecule has 3 rings (SSSR count). The van der Waals surface area contributed by atoms with Crippen LogP contribution in [0.4, 0.5) is 5.69 Å². The minimum Gasteiger partial charge on any atom is -0.497 e. The van der Waals surface area contributed by atoms with Crippen molar-refractivity contribution in [3.63, 3.8) is 0 Å². The molecule has 0 aliphatic carbocycles. The van der Waals surface area contributed by atoms with Crippen molar-refractivity contribution in [1.29, 1.82) is 0 Å². The summed E-state index contributed by atoms with van der Waals surface area (Å²) in [5, 5.41) is 10.6. The zero-order valence-electron chi connectivity index (χ0n) is 14.6. The molecule has 2 aromatic carbocycles. The zero-order chi connectivity index (χ0) is 18.7. The Balaban J connectivity index is 1.99. The molecule has 0 saturated heterocycles. The quantitative estimate of drug-likeness (QED) is 0.700. The summed E-state index contributed by atoms with van der Waals surface area (Å²) in [6, 6.07) is 12.2. The van der Waals surface area contributed by atoms with Crippen LogP contribution in [-0.4, -0.2) is 30.3 Å².